The van der Waals surface area contributed by atoms with Gasteiger partial charge in [-0.3, -0.25) is 19.2 Å². The molecule has 4 N–H and O–H groups in total. The molecule has 0 bridgehead atoms. The topological polar surface area (TPSA) is 182 Å². The molecule has 3 aliphatic rings. The zero-order valence-corrected chi connectivity index (χ0v) is 49.7. The van der Waals surface area contributed by atoms with Gasteiger partial charge >= 0.3 is 0 Å². The van der Waals surface area contributed by atoms with E-state index in [0.29, 0.717) is 28.3 Å². The van der Waals surface area contributed by atoms with Crippen LogP contribution in [0.3, 0.4) is 0 Å². The number of pyridine rings is 4. The number of amides is 2. The van der Waals surface area contributed by atoms with E-state index in [-0.39, 0.29) is 42.1 Å². The van der Waals surface area contributed by atoms with Crippen molar-refractivity contribution < 1.29 is 14.3 Å². The third kappa shape index (κ3) is 13.3. The molecule has 0 spiro atoms. The van der Waals surface area contributed by atoms with Crippen molar-refractivity contribution in [2.24, 2.45) is 0 Å². The number of carbonyl (C=O) groups is 2. The molecule has 83 heavy (non-hydrogen) atoms. The van der Waals surface area contributed by atoms with E-state index >= 15 is 0 Å². The summed E-state index contributed by atoms with van der Waals surface area (Å²) < 4.78 is 10.1. The largest absolute Gasteiger partial charge is 0.381 e. The summed E-state index contributed by atoms with van der Waals surface area (Å²) in [7, 11) is 4.30. The second-order valence-electron chi connectivity index (χ2n) is 23.1. The van der Waals surface area contributed by atoms with E-state index in [1.165, 1.54) is 0 Å². The third-order valence-corrected chi connectivity index (χ3v) is 16.7. The lowest BCUT2D eigenvalue weighted by atomic mass is 9.99. The number of H-pyrrole nitrogens is 2. The van der Waals surface area contributed by atoms with Crippen molar-refractivity contribution in [1.82, 2.24) is 49.5 Å². The fourth-order valence-corrected chi connectivity index (χ4v) is 12.0. The van der Waals surface area contributed by atoms with Gasteiger partial charge in [-0.15, -0.1) is 0 Å². The average molecular weight is 1120 g/mol. The fourth-order valence-electron chi connectivity index (χ4n) is 12.0. The van der Waals surface area contributed by atoms with E-state index in [2.05, 4.69) is 134 Å². The summed E-state index contributed by atoms with van der Waals surface area (Å²) in [5.74, 6) is 1.57. The van der Waals surface area contributed by atoms with Crippen LogP contribution in [0.1, 0.15) is 120 Å². The lowest BCUT2D eigenvalue weighted by Gasteiger charge is -2.33. The van der Waals surface area contributed by atoms with E-state index in [0.717, 1.165) is 182 Å². The van der Waals surface area contributed by atoms with E-state index in [1.54, 1.807) is 0 Å². The number of fused-ring (bicyclic) bond motifs is 2. The summed E-state index contributed by atoms with van der Waals surface area (Å²) in [6.07, 6.45) is 13.3. The molecule has 0 atom stereocenters. The van der Waals surface area contributed by atoms with Crippen molar-refractivity contribution in [3.05, 3.63) is 163 Å². The van der Waals surface area contributed by atoms with Crippen LogP contribution >= 0.6 is 0 Å². The van der Waals surface area contributed by atoms with Gasteiger partial charge in [0.15, 0.2) is 0 Å². The zero-order valence-electron chi connectivity index (χ0n) is 49.7. The Morgan fingerprint density at radius 2 is 1.06 bits per heavy atom. The Morgan fingerprint density at radius 1 is 0.602 bits per heavy atom. The summed E-state index contributed by atoms with van der Waals surface area (Å²) in [6.45, 7) is 22.0. The van der Waals surface area contributed by atoms with Gasteiger partial charge in [0, 0.05) is 182 Å². The van der Waals surface area contributed by atoms with Gasteiger partial charge in [0.25, 0.3) is 22.9 Å². The van der Waals surface area contributed by atoms with E-state index in [1.807, 2.05) is 68.8 Å². The Labute approximate surface area is 487 Å². The fraction of sp³-hybridized carbons (Fsp3) is 0.424. The third-order valence-electron chi connectivity index (χ3n) is 16.7. The number of likely N-dealkylation sites (N-methyl/N-ethyl adjacent to an activating group) is 2. The molecule has 3 fully saturated rings. The molecule has 0 saturated carbocycles. The first-order valence-corrected chi connectivity index (χ1v) is 29.8. The van der Waals surface area contributed by atoms with Gasteiger partial charge in [-0.05, 0) is 163 Å². The number of benzene rings is 2. The first kappa shape index (κ1) is 58.3. The SMILES string of the molecule is CCCc1cc(C)[nH]c(=O)c1CNC(=O)c1cc(-c2ccc(N3CCN(C)CC3)nc2)cc2c1ccn2C(C)C.CCCc1cc(C)[nH]c(=O)c1CNC(=O)c1cc(-c2ccc(N3CCN(C)CC3)nc2)cc2c1ccn2C1CCOCC1. The van der Waals surface area contributed by atoms with Gasteiger partial charge in [0.1, 0.15) is 11.6 Å². The molecule has 0 unspecified atom stereocenters. The van der Waals surface area contributed by atoms with Crippen molar-refractivity contribution in [1.29, 1.82) is 0 Å². The van der Waals surface area contributed by atoms with Crippen LogP contribution in [0, 0.1) is 13.8 Å². The van der Waals surface area contributed by atoms with Crippen LogP contribution in [0.5, 0.6) is 0 Å². The molecule has 11 rings (SSSR count). The van der Waals surface area contributed by atoms with E-state index in [4.69, 9.17) is 14.7 Å². The number of anilines is 2. The molecule has 3 aliphatic heterocycles. The first-order chi connectivity index (χ1) is 40.2. The standard InChI is InChI=1S/C34H42N6O3.C32H40N6O2/c1-4-5-24-18-23(2)37-34(42)30(24)22-36-33(41)29-19-26(20-31-28(29)8-11-40(31)27-9-16-43-17-10-27)25-6-7-32(35-21-25)39-14-12-38(3)13-15-39;1-6-7-23-16-22(4)35-32(40)28(23)20-34-31(39)27-17-25(18-29-26(27)10-11-38(29)21(2)3)24-8-9-30(33-19-24)37-14-12-36(5)13-15-37/h6-8,11,18-21,27H,4-5,9-10,12-17,22H2,1-3H3,(H,36,41)(H,37,42);8-11,16-19,21H,6-7,12-15,20H2,1-5H3,(H,34,39)(H,35,40). The number of rotatable bonds is 16. The van der Waals surface area contributed by atoms with Crippen molar-refractivity contribution in [3.63, 3.8) is 0 Å². The molecule has 9 heterocycles. The Balaban J connectivity index is 0.000000186. The van der Waals surface area contributed by atoms with Crippen LogP contribution in [0.25, 0.3) is 44.1 Å². The van der Waals surface area contributed by atoms with Crippen LogP contribution in [0.4, 0.5) is 11.6 Å². The Morgan fingerprint density at radius 3 is 1.51 bits per heavy atom. The lowest BCUT2D eigenvalue weighted by Crippen LogP contribution is -2.44. The van der Waals surface area contributed by atoms with Crippen LogP contribution in [-0.2, 0) is 30.7 Å². The number of aromatic nitrogens is 6. The summed E-state index contributed by atoms with van der Waals surface area (Å²) >= 11 is 0. The Hall–Kier alpha value is -7.86. The highest BCUT2D eigenvalue weighted by Gasteiger charge is 2.24. The van der Waals surface area contributed by atoms with Crippen LogP contribution < -0.4 is 31.6 Å². The summed E-state index contributed by atoms with van der Waals surface area (Å²) in [6, 6.07) is 25.2. The Bertz CT molecular complexity index is 3690. The van der Waals surface area contributed by atoms with Crippen molar-refractivity contribution in [2.75, 3.05) is 89.5 Å². The minimum atomic E-state index is -0.196. The van der Waals surface area contributed by atoms with E-state index in [9.17, 15) is 19.2 Å². The van der Waals surface area contributed by atoms with Crippen molar-refractivity contribution in [2.45, 2.75) is 105 Å². The predicted molar refractivity (Wildman–Crippen MR) is 333 cm³/mol. The van der Waals surface area contributed by atoms with E-state index < -0.39 is 0 Å². The number of carbonyl (C=O) groups excluding carboxylic acids is 2. The Kier molecular flexibility index (Phi) is 18.4. The molecule has 6 aromatic heterocycles. The number of aromatic amines is 2. The maximum Gasteiger partial charge on any atom is 0.253 e. The summed E-state index contributed by atoms with van der Waals surface area (Å²) in [5.41, 5.74) is 11.6. The molecule has 8 aromatic rings. The maximum atomic E-state index is 13.9. The smallest absolute Gasteiger partial charge is 0.253 e. The molecular formula is C66H82N12O5. The highest BCUT2D eigenvalue weighted by Crippen LogP contribution is 2.35. The van der Waals surface area contributed by atoms with Gasteiger partial charge < -0.3 is 54.1 Å². The number of nitrogens with one attached hydrogen (secondary N) is 4. The molecule has 436 valence electrons. The molecule has 17 heteroatoms. The zero-order chi connectivity index (χ0) is 58.3. The van der Waals surface area contributed by atoms with Gasteiger partial charge in [-0.2, -0.15) is 0 Å². The number of aryl methyl sites for hydroxylation is 4. The van der Waals surface area contributed by atoms with Crippen molar-refractivity contribution in [3.8, 4) is 22.3 Å². The highest BCUT2D eigenvalue weighted by atomic mass is 16.5. The van der Waals surface area contributed by atoms with Crippen molar-refractivity contribution >= 4 is 45.3 Å². The molecule has 0 aliphatic carbocycles. The predicted octanol–water partition coefficient (Wildman–Crippen LogP) is 9.60. The normalized spacial score (nSPS) is 15.5. The molecule has 3 saturated heterocycles. The minimum Gasteiger partial charge on any atom is -0.381 e. The second kappa shape index (κ2) is 26.2. The average Bonchev–Trinajstić information content (AvgIpc) is 4.33. The number of ether oxygens (including phenoxy) is 1. The summed E-state index contributed by atoms with van der Waals surface area (Å²) in [5, 5.41) is 7.92. The highest BCUT2D eigenvalue weighted by molar-refractivity contribution is 6.09. The molecule has 0 radical (unpaired) electrons. The van der Waals surface area contributed by atoms with Gasteiger partial charge in [0.05, 0.1) is 0 Å². The van der Waals surface area contributed by atoms with Crippen LogP contribution in [0.15, 0.2) is 107 Å². The molecule has 2 amide bonds. The van der Waals surface area contributed by atoms with Crippen LogP contribution in [0.2, 0.25) is 0 Å². The number of hydrogen-bond acceptors (Lipinski definition) is 11. The molecule has 2 aromatic carbocycles. The molecule has 17 nitrogen and oxygen atoms in total. The maximum absolute atomic E-state index is 13.9. The monoisotopic (exact) mass is 1120 g/mol. The lowest BCUT2D eigenvalue weighted by molar-refractivity contribution is 0.0707. The quantitative estimate of drug-likeness (QED) is 0.0723. The second-order valence-corrected chi connectivity index (χ2v) is 23.1. The molecular weight excluding hydrogens is 1040 g/mol. The van der Waals surface area contributed by atoms with Gasteiger partial charge in [0.2, 0.25) is 0 Å². The first-order valence-electron chi connectivity index (χ1n) is 29.8. The summed E-state index contributed by atoms with van der Waals surface area (Å²) in [4.78, 5) is 77.8. The van der Waals surface area contributed by atoms with Gasteiger partial charge in [-0.1, -0.05) is 26.7 Å². The number of piperazine rings is 2. The minimum absolute atomic E-state index is 0.139. The van der Waals surface area contributed by atoms with Gasteiger partial charge in [-0.25, -0.2) is 9.97 Å². The van der Waals surface area contributed by atoms with Crippen LogP contribution in [-0.4, -0.2) is 130 Å². The number of nitrogens with zero attached hydrogens (tertiary/aromatic N) is 8. The number of hydrogen-bond donors (Lipinski definition) is 4.